The maximum atomic E-state index is 12.6. The fraction of sp³-hybridized carbons (Fsp3) is 0.133. The molecule has 0 spiro atoms. The third kappa shape index (κ3) is 2.30. The maximum Gasteiger partial charge on any atom is 0.258 e. The number of benzene rings is 2. The number of fused-ring (bicyclic) bond motifs is 1. The van der Waals surface area contributed by atoms with Crippen molar-refractivity contribution in [3.63, 3.8) is 0 Å². The van der Waals surface area contributed by atoms with Crippen molar-refractivity contribution in [3.05, 3.63) is 57.0 Å². The predicted molar refractivity (Wildman–Crippen MR) is 85.4 cm³/mol. The van der Waals surface area contributed by atoms with E-state index in [0.717, 1.165) is 22.1 Å². The van der Waals surface area contributed by atoms with Crippen molar-refractivity contribution >= 4 is 44.8 Å². The molecule has 0 atom stereocenters. The van der Waals surface area contributed by atoms with E-state index in [4.69, 9.17) is 17.3 Å². The zero-order valence-corrected chi connectivity index (χ0v) is 12.9. The van der Waals surface area contributed by atoms with Crippen molar-refractivity contribution in [2.24, 2.45) is 0 Å². The first-order chi connectivity index (χ1) is 9.56. The van der Waals surface area contributed by atoms with Crippen molar-refractivity contribution in [2.45, 2.75) is 6.42 Å². The van der Waals surface area contributed by atoms with E-state index >= 15 is 0 Å². The van der Waals surface area contributed by atoms with Crippen LogP contribution in [-0.4, -0.2) is 12.5 Å². The Hall–Kier alpha value is -1.52. The monoisotopic (exact) mass is 350 g/mol. The molecule has 0 unspecified atom stereocenters. The van der Waals surface area contributed by atoms with Gasteiger partial charge in [0.1, 0.15) is 0 Å². The molecular formula is C15H12BrClN2O. The van der Waals surface area contributed by atoms with E-state index in [9.17, 15) is 4.79 Å². The number of hydrogen-bond acceptors (Lipinski definition) is 2. The largest absolute Gasteiger partial charge is 0.399 e. The van der Waals surface area contributed by atoms with Gasteiger partial charge in [0.15, 0.2) is 0 Å². The lowest BCUT2D eigenvalue weighted by Crippen LogP contribution is -2.28. The molecule has 0 radical (unpaired) electrons. The van der Waals surface area contributed by atoms with Crippen LogP contribution in [0.2, 0.25) is 5.02 Å². The number of hydrogen-bond donors (Lipinski definition) is 1. The number of carbonyl (C=O) groups is 1. The Kier molecular flexibility index (Phi) is 3.44. The van der Waals surface area contributed by atoms with Gasteiger partial charge in [0.2, 0.25) is 0 Å². The second-order valence-corrected chi connectivity index (χ2v) is 5.99. The lowest BCUT2D eigenvalue weighted by Gasteiger charge is -2.18. The Labute approximate surface area is 130 Å². The maximum absolute atomic E-state index is 12.6. The van der Waals surface area contributed by atoms with Crippen LogP contribution in [0.5, 0.6) is 0 Å². The van der Waals surface area contributed by atoms with Crippen LogP contribution in [0.15, 0.2) is 40.9 Å². The summed E-state index contributed by atoms with van der Waals surface area (Å²) in [5.41, 5.74) is 9.15. The minimum Gasteiger partial charge on any atom is -0.399 e. The standard InChI is InChI=1S/C15H12BrClN2O/c16-12-7-10(2-4-13(12)17)15(20)19-6-5-9-1-3-11(18)8-14(9)19/h1-4,7-8H,5-6,18H2. The van der Waals surface area contributed by atoms with E-state index in [1.807, 2.05) is 18.2 Å². The number of amides is 1. The molecule has 1 heterocycles. The van der Waals surface area contributed by atoms with Crippen LogP contribution in [0.25, 0.3) is 0 Å². The number of anilines is 2. The third-order valence-corrected chi connectivity index (χ3v) is 4.63. The Balaban J connectivity index is 1.97. The summed E-state index contributed by atoms with van der Waals surface area (Å²) in [7, 11) is 0. The average Bonchev–Trinajstić information content (AvgIpc) is 2.84. The molecule has 102 valence electrons. The lowest BCUT2D eigenvalue weighted by atomic mass is 10.1. The van der Waals surface area contributed by atoms with E-state index < -0.39 is 0 Å². The van der Waals surface area contributed by atoms with Crippen LogP contribution >= 0.6 is 27.5 Å². The highest BCUT2D eigenvalue weighted by Gasteiger charge is 2.25. The van der Waals surface area contributed by atoms with Crippen molar-refractivity contribution in [1.82, 2.24) is 0 Å². The van der Waals surface area contributed by atoms with Gasteiger partial charge in [-0.25, -0.2) is 0 Å². The molecular weight excluding hydrogens is 340 g/mol. The number of rotatable bonds is 1. The molecule has 0 bridgehead atoms. The highest BCUT2D eigenvalue weighted by atomic mass is 79.9. The van der Waals surface area contributed by atoms with Gasteiger partial charge < -0.3 is 10.6 Å². The summed E-state index contributed by atoms with van der Waals surface area (Å²) >= 11 is 9.30. The Morgan fingerprint density at radius 3 is 2.80 bits per heavy atom. The van der Waals surface area contributed by atoms with Crippen LogP contribution in [0, 0.1) is 0 Å². The van der Waals surface area contributed by atoms with Crippen molar-refractivity contribution in [2.75, 3.05) is 17.2 Å². The van der Waals surface area contributed by atoms with Gasteiger partial charge in [-0.15, -0.1) is 0 Å². The normalized spacial score (nSPS) is 13.4. The fourth-order valence-corrected chi connectivity index (χ4v) is 2.89. The van der Waals surface area contributed by atoms with Gasteiger partial charge in [-0.3, -0.25) is 4.79 Å². The van der Waals surface area contributed by atoms with Crippen molar-refractivity contribution in [3.8, 4) is 0 Å². The first kappa shape index (κ1) is 13.5. The summed E-state index contributed by atoms with van der Waals surface area (Å²) in [4.78, 5) is 14.4. The van der Waals surface area contributed by atoms with E-state index in [0.29, 0.717) is 22.8 Å². The molecule has 1 aliphatic rings. The Bertz CT molecular complexity index is 702. The minimum atomic E-state index is -0.0354. The second kappa shape index (κ2) is 5.11. The third-order valence-electron chi connectivity index (χ3n) is 3.42. The van der Waals surface area contributed by atoms with Crippen molar-refractivity contribution < 1.29 is 4.79 Å². The lowest BCUT2D eigenvalue weighted by molar-refractivity contribution is 0.0989. The molecule has 0 saturated heterocycles. The molecule has 5 heteroatoms. The van der Waals surface area contributed by atoms with E-state index in [1.165, 1.54) is 0 Å². The number of nitrogens with zero attached hydrogens (tertiary/aromatic N) is 1. The predicted octanol–water partition coefficient (Wildman–Crippen LogP) is 3.89. The van der Waals surface area contributed by atoms with Gasteiger partial charge >= 0.3 is 0 Å². The quantitative estimate of drug-likeness (QED) is 0.792. The van der Waals surface area contributed by atoms with Gasteiger partial charge in [0.25, 0.3) is 5.91 Å². The van der Waals surface area contributed by atoms with E-state index in [2.05, 4.69) is 15.9 Å². The smallest absolute Gasteiger partial charge is 0.258 e. The number of halogens is 2. The van der Waals surface area contributed by atoms with Gasteiger partial charge in [-0.1, -0.05) is 17.7 Å². The first-order valence-corrected chi connectivity index (χ1v) is 7.38. The molecule has 0 aromatic heterocycles. The van der Waals surface area contributed by atoms with E-state index in [1.54, 1.807) is 23.1 Å². The van der Waals surface area contributed by atoms with Crippen LogP contribution in [0.4, 0.5) is 11.4 Å². The average molecular weight is 352 g/mol. The summed E-state index contributed by atoms with van der Waals surface area (Å²) in [5.74, 6) is -0.0354. The van der Waals surface area contributed by atoms with Crippen molar-refractivity contribution in [1.29, 1.82) is 0 Å². The summed E-state index contributed by atoms with van der Waals surface area (Å²) in [5, 5.41) is 0.590. The SMILES string of the molecule is Nc1ccc2c(c1)N(C(=O)c1ccc(Cl)c(Br)c1)CC2. The molecule has 3 nitrogen and oxygen atoms in total. The molecule has 0 fully saturated rings. The molecule has 0 saturated carbocycles. The molecule has 2 N–H and O–H groups in total. The molecule has 1 amide bonds. The molecule has 2 aromatic rings. The van der Waals surface area contributed by atoms with Crippen LogP contribution < -0.4 is 10.6 Å². The highest BCUT2D eigenvalue weighted by Crippen LogP contribution is 2.32. The molecule has 3 rings (SSSR count). The Morgan fingerprint density at radius 1 is 1.25 bits per heavy atom. The summed E-state index contributed by atoms with van der Waals surface area (Å²) in [6, 6.07) is 10.9. The van der Waals surface area contributed by atoms with Crippen LogP contribution in [0.1, 0.15) is 15.9 Å². The molecule has 20 heavy (non-hydrogen) atoms. The second-order valence-electron chi connectivity index (χ2n) is 4.72. The summed E-state index contributed by atoms with van der Waals surface area (Å²) in [6.07, 6.45) is 0.857. The zero-order valence-electron chi connectivity index (χ0n) is 10.6. The van der Waals surface area contributed by atoms with Gasteiger partial charge in [-0.2, -0.15) is 0 Å². The highest BCUT2D eigenvalue weighted by molar-refractivity contribution is 9.10. The molecule has 2 aromatic carbocycles. The van der Waals surface area contributed by atoms with Crippen LogP contribution in [0.3, 0.4) is 0 Å². The number of nitrogen functional groups attached to an aromatic ring is 1. The minimum absolute atomic E-state index is 0.0354. The Morgan fingerprint density at radius 2 is 2.05 bits per heavy atom. The molecule has 1 aliphatic heterocycles. The summed E-state index contributed by atoms with van der Waals surface area (Å²) in [6.45, 7) is 0.678. The van der Waals surface area contributed by atoms with E-state index in [-0.39, 0.29) is 5.91 Å². The fourth-order valence-electron chi connectivity index (χ4n) is 2.39. The number of carbonyl (C=O) groups excluding carboxylic acids is 1. The van der Waals surface area contributed by atoms with Gasteiger partial charge in [0, 0.05) is 28.0 Å². The first-order valence-electron chi connectivity index (χ1n) is 6.21. The zero-order chi connectivity index (χ0) is 14.3. The van der Waals surface area contributed by atoms with Gasteiger partial charge in [0.05, 0.1) is 5.02 Å². The molecule has 0 aliphatic carbocycles. The number of nitrogens with two attached hydrogens (primary N) is 1. The van der Waals surface area contributed by atoms with Gasteiger partial charge in [-0.05, 0) is 58.2 Å². The van der Waals surface area contributed by atoms with Crippen LogP contribution in [-0.2, 0) is 6.42 Å². The topological polar surface area (TPSA) is 46.3 Å². The summed E-state index contributed by atoms with van der Waals surface area (Å²) < 4.78 is 0.719.